The van der Waals surface area contributed by atoms with Crippen molar-refractivity contribution in [3.8, 4) is 11.1 Å². The predicted octanol–water partition coefficient (Wildman–Crippen LogP) is 5.78. The molecule has 3 heteroatoms. The van der Waals surface area contributed by atoms with E-state index in [1.54, 1.807) is 11.1 Å². The van der Waals surface area contributed by atoms with Crippen LogP contribution in [-0.4, -0.2) is 18.8 Å². The minimum Gasteiger partial charge on any atom is -0.402 e. The molecule has 2 unspecified atom stereocenters. The average molecular weight is 412 g/mol. The molecule has 0 aromatic heterocycles. The molecular weight excluding hydrogens is 379 g/mol. The summed E-state index contributed by atoms with van der Waals surface area (Å²) < 4.78 is 12.6. The number of hydrogen-bond donors (Lipinski definition) is 0. The van der Waals surface area contributed by atoms with Crippen LogP contribution in [0.25, 0.3) is 11.1 Å². The van der Waals surface area contributed by atoms with Gasteiger partial charge in [-0.2, -0.15) is 0 Å². The first kappa shape index (κ1) is 18.9. The lowest BCUT2D eigenvalue weighted by Gasteiger charge is -2.56. The van der Waals surface area contributed by atoms with E-state index in [9.17, 15) is 0 Å². The van der Waals surface area contributed by atoms with Crippen LogP contribution in [0.15, 0.2) is 42.5 Å². The van der Waals surface area contributed by atoms with Crippen molar-refractivity contribution in [3.05, 3.63) is 53.6 Å². The van der Waals surface area contributed by atoms with Gasteiger partial charge in [-0.15, -0.1) is 0 Å². The van der Waals surface area contributed by atoms with Crippen LogP contribution in [0, 0.1) is 29.6 Å². The van der Waals surface area contributed by atoms with E-state index in [4.69, 9.17) is 9.31 Å². The van der Waals surface area contributed by atoms with Gasteiger partial charge in [0.05, 0.1) is 11.7 Å². The zero-order chi connectivity index (χ0) is 20.9. The highest BCUT2D eigenvalue weighted by molar-refractivity contribution is 6.62. The average Bonchev–Trinajstić information content (AvgIpc) is 3.21. The first-order valence-corrected chi connectivity index (χ1v) is 12.5. The zero-order valence-corrected chi connectivity index (χ0v) is 19.0. The van der Waals surface area contributed by atoms with Crippen LogP contribution in [0.1, 0.15) is 69.9 Å². The summed E-state index contributed by atoms with van der Waals surface area (Å²) in [5.74, 6) is 5.23. The number of rotatable bonds is 2. The molecule has 1 aliphatic heterocycles. The van der Waals surface area contributed by atoms with Crippen molar-refractivity contribution < 1.29 is 9.31 Å². The van der Waals surface area contributed by atoms with Gasteiger partial charge < -0.3 is 9.31 Å². The fourth-order valence-corrected chi connectivity index (χ4v) is 8.23. The molecule has 160 valence electrons. The minimum atomic E-state index is -0.252. The van der Waals surface area contributed by atoms with Crippen molar-refractivity contribution in [3.63, 3.8) is 0 Å². The molecule has 0 spiro atoms. The summed E-state index contributed by atoms with van der Waals surface area (Å²) in [7, 11) is -0.252. The molecule has 1 saturated heterocycles. The molecule has 2 nitrogen and oxygen atoms in total. The highest BCUT2D eigenvalue weighted by atomic mass is 16.7. The van der Waals surface area contributed by atoms with Gasteiger partial charge in [0.1, 0.15) is 0 Å². The van der Waals surface area contributed by atoms with Gasteiger partial charge in [0.2, 0.25) is 0 Å². The molecule has 5 aliphatic carbocycles. The molecule has 4 bridgehead atoms. The topological polar surface area (TPSA) is 18.5 Å². The Hall–Kier alpha value is -1.58. The van der Waals surface area contributed by atoms with Crippen molar-refractivity contribution in [2.45, 2.75) is 70.5 Å². The molecule has 6 aliphatic rings. The van der Waals surface area contributed by atoms with Crippen LogP contribution >= 0.6 is 0 Å². The Kier molecular flexibility index (Phi) is 3.96. The third-order valence-electron chi connectivity index (χ3n) is 9.67. The summed E-state index contributed by atoms with van der Waals surface area (Å²) in [5.41, 5.74) is 6.98. The van der Waals surface area contributed by atoms with E-state index < -0.39 is 0 Å². The number of fused-ring (bicyclic) bond motifs is 3. The lowest BCUT2D eigenvalue weighted by molar-refractivity contribution is -0.0424. The standard InChI is InChI=1S/C28H33BO2/c1-16-28(2,3)31-29(30-16)21-8-9-23-22-6-4-5-7-24(22)27(25(23)15-21)26-19-11-17-10-18(13-19)14-20(26)12-17/h4-9,15-20,26-27H,10-14H2,1-3H3. The van der Waals surface area contributed by atoms with Crippen molar-refractivity contribution in [1.82, 2.24) is 0 Å². The van der Waals surface area contributed by atoms with Crippen molar-refractivity contribution in [2.75, 3.05) is 0 Å². The molecular formula is C28H33BO2. The lowest BCUT2D eigenvalue weighted by Crippen LogP contribution is -2.47. The molecule has 0 N–H and O–H groups in total. The summed E-state index contributed by atoms with van der Waals surface area (Å²) in [6.45, 7) is 6.40. The Balaban J connectivity index is 1.32. The Morgan fingerprint density at radius 2 is 1.52 bits per heavy atom. The Morgan fingerprint density at radius 1 is 0.839 bits per heavy atom. The molecule has 31 heavy (non-hydrogen) atoms. The highest BCUT2D eigenvalue weighted by Crippen LogP contribution is 2.63. The second-order valence-electron chi connectivity index (χ2n) is 11.8. The lowest BCUT2D eigenvalue weighted by atomic mass is 9.49. The fraction of sp³-hybridized carbons (Fsp3) is 0.571. The van der Waals surface area contributed by atoms with Crippen molar-refractivity contribution >= 4 is 12.6 Å². The summed E-state index contributed by atoms with van der Waals surface area (Å²) >= 11 is 0. The predicted molar refractivity (Wildman–Crippen MR) is 125 cm³/mol. The second kappa shape index (κ2) is 6.48. The third-order valence-corrected chi connectivity index (χ3v) is 9.67. The van der Waals surface area contributed by atoms with Crippen LogP contribution in [-0.2, 0) is 9.31 Å². The molecule has 0 radical (unpaired) electrons. The molecule has 1 heterocycles. The maximum Gasteiger partial charge on any atom is 0.494 e. The van der Waals surface area contributed by atoms with Gasteiger partial charge in [-0.1, -0.05) is 42.5 Å². The van der Waals surface area contributed by atoms with E-state index >= 15 is 0 Å². The highest BCUT2D eigenvalue weighted by Gasteiger charge is 2.53. The third kappa shape index (κ3) is 2.72. The number of benzene rings is 2. The summed E-state index contributed by atoms with van der Waals surface area (Å²) in [4.78, 5) is 0. The van der Waals surface area contributed by atoms with E-state index in [-0.39, 0.29) is 18.8 Å². The van der Waals surface area contributed by atoms with Gasteiger partial charge in [0.25, 0.3) is 0 Å². The molecule has 2 aromatic rings. The fourth-order valence-electron chi connectivity index (χ4n) is 8.23. The SMILES string of the molecule is CC1OB(c2ccc3c(c2)C(C2C4CC5CC(C4)CC2C5)c2ccccc2-3)OC1(C)C. The largest absolute Gasteiger partial charge is 0.494 e. The van der Waals surface area contributed by atoms with Gasteiger partial charge in [-0.25, -0.2) is 0 Å². The monoisotopic (exact) mass is 412 g/mol. The Morgan fingerprint density at radius 3 is 2.19 bits per heavy atom. The zero-order valence-electron chi connectivity index (χ0n) is 19.0. The summed E-state index contributed by atoms with van der Waals surface area (Å²) in [5, 5.41) is 0. The van der Waals surface area contributed by atoms with Gasteiger partial charge in [-0.3, -0.25) is 0 Å². The first-order chi connectivity index (χ1) is 15.0. The van der Waals surface area contributed by atoms with Crippen molar-refractivity contribution in [2.24, 2.45) is 29.6 Å². The van der Waals surface area contributed by atoms with E-state index in [1.165, 1.54) is 48.7 Å². The second-order valence-corrected chi connectivity index (χ2v) is 11.8. The molecule has 4 saturated carbocycles. The Bertz CT molecular complexity index is 1020. The van der Waals surface area contributed by atoms with Crippen LogP contribution in [0.3, 0.4) is 0 Å². The van der Waals surface area contributed by atoms with E-state index in [1.807, 2.05) is 0 Å². The minimum absolute atomic E-state index is 0.100. The van der Waals surface area contributed by atoms with Gasteiger partial charge >= 0.3 is 7.12 Å². The molecule has 2 aromatic carbocycles. The molecule has 8 rings (SSSR count). The van der Waals surface area contributed by atoms with E-state index in [2.05, 4.69) is 63.2 Å². The van der Waals surface area contributed by atoms with Gasteiger partial charge in [0, 0.05) is 5.92 Å². The summed E-state index contributed by atoms with van der Waals surface area (Å²) in [6.07, 6.45) is 7.53. The van der Waals surface area contributed by atoms with Crippen LogP contribution < -0.4 is 5.46 Å². The molecule has 5 fully saturated rings. The maximum atomic E-state index is 6.34. The maximum absolute atomic E-state index is 6.34. The van der Waals surface area contributed by atoms with Gasteiger partial charge in [0.15, 0.2) is 0 Å². The Labute approximate surface area is 186 Å². The number of hydrogen-bond acceptors (Lipinski definition) is 2. The van der Waals surface area contributed by atoms with E-state index in [0.717, 1.165) is 29.6 Å². The first-order valence-electron chi connectivity index (χ1n) is 12.5. The normalized spacial score (nSPS) is 39.1. The quantitative estimate of drug-likeness (QED) is 0.582. The van der Waals surface area contributed by atoms with Crippen LogP contribution in [0.2, 0.25) is 0 Å². The van der Waals surface area contributed by atoms with Crippen molar-refractivity contribution in [1.29, 1.82) is 0 Å². The summed E-state index contributed by atoms with van der Waals surface area (Å²) in [6, 6.07) is 16.3. The molecule has 0 amide bonds. The molecule has 2 atom stereocenters. The van der Waals surface area contributed by atoms with E-state index in [0.29, 0.717) is 5.92 Å². The van der Waals surface area contributed by atoms with Crippen LogP contribution in [0.4, 0.5) is 0 Å². The van der Waals surface area contributed by atoms with Gasteiger partial charge in [-0.05, 0) is 110 Å². The van der Waals surface area contributed by atoms with Crippen LogP contribution in [0.5, 0.6) is 0 Å². The smallest absolute Gasteiger partial charge is 0.402 e.